The van der Waals surface area contributed by atoms with Crippen molar-refractivity contribution in [2.75, 3.05) is 5.75 Å². The predicted octanol–water partition coefficient (Wildman–Crippen LogP) is 5.88. The molecule has 0 heterocycles. The smallest absolute Gasteiger partial charge is 0.243 e. The van der Waals surface area contributed by atoms with Crippen molar-refractivity contribution in [2.24, 2.45) is 0 Å². The minimum absolute atomic E-state index is 0.00995. The molecule has 0 fully saturated rings. The molecule has 7 heteroatoms. The van der Waals surface area contributed by atoms with Crippen LogP contribution in [-0.2, 0) is 28.3 Å². The molecule has 3 rings (SSSR count). The van der Waals surface area contributed by atoms with E-state index in [0.29, 0.717) is 22.8 Å². The van der Waals surface area contributed by atoms with Gasteiger partial charge < -0.3 is 10.2 Å². The van der Waals surface area contributed by atoms with Crippen LogP contribution in [0, 0.1) is 5.82 Å². The van der Waals surface area contributed by atoms with Crippen LogP contribution >= 0.6 is 23.4 Å². The van der Waals surface area contributed by atoms with Gasteiger partial charge in [-0.1, -0.05) is 72.3 Å². The third-order valence-corrected chi connectivity index (χ3v) is 6.65. The van der Waals surface area contributed by atoms with E-state index in [1.54, 1.807) is 18.2 Å². The standard InChI is InChI=1S/C28H30ClFN2O2S/c1-20(2)31-28(34)26(16-21-8-4-3-5-9-21)32(17-23-10-6-7-11-25(23)30)27(33)19-35-18-22-12-14-24(29)15-13-22/h3-15,20,26H,16-19H2,1-2H3,(H,31,34). The monoisotopic (exact) mass is 512 g/mol. The molecule has 3 aromatic rings. The summed E-state index contributed by atoms with van der Waals surface area (Å²) in [6.45, 7) is 3.76. The van der Waals surface area contributed by atoms with E-state index in [4.69, 9.17) is 11.6 Å². The van der Waals surface area contributed by atoms with Gasteiger partial charge in [-0.2, -0.15) is 0 Å². The fourth-order valence-corrected chi connectivity index (χ4v) is 4.66. The van der Waals surface area contributed by atoms with Crippen molar-refractivity contribution in [2.45, 2.75) is 44.6 Å². The Labute approximate surface area is 215 Å². The molecule has 0 aliphatic carbocycles. The van der Waals surface area contributed by atoms with Crippen LogP contribution in [0.4, 0.5) is 4.39 Å². The lowest BCUT2D eigenvalue weighted by Crippen LogP contribution is -2.52. The first-order valence-corrected chi connectivity index (χ1v) is 13.1. The van der Waals surface area contributed by atoms with E-state index >= 15 is 0 Å². The third-order valence-electron chi connectivity index (χ3n) is 5.41. The number of halogens is 2. The van der Waals surface area contributed by atoms with Crippen LogP contribution < -0.4 is 5.32 Å². The van der Waals surface area contributed by atoms with E-state index in [1.807, 2.05) is 68.4 Å². The van der Waals surface area contributed by atoms with Crippen LogP contribution in [0.3, 0.4) is 0 Å². The van der Waals surface area contributed by atoms with Crippen molar-refractivity contribution < 1.29 is 14.0 Å². The number of thioether (sulfide) groups is 1. The van der Waals surface area contributed by atoms with Crippen molar-refractivity contribution in [3.05, 3.63) is 106 Å². The Morgan fingerprint density at radius 1 is 0.943 bits per heavy atom. The summed E-state index contributed by atoms with van der Waals surface area (Å²) in [5.41, 5.74) is 2.35. The molecule has 4 nitrogen and oxygen atoms in total. The molecule has 0 saturated heterocycles. The first-order chi connectivity index (χ1) is 16.8. The molecule has 35 heavy (non-hydrogen) atoms. The highest BCUT2D eigenvalue weighted by molar-refractivity contribution is 7.99. The fourth-order valence-electron chi connectivity index (χ4n) is 3.66. The Bertz CT molecular complexity index is 1110. The van der Waals surface area contributed by atoms with E-state index in [2.05, 4.69) is 5.32 Å². The first-order valence-electron chi connectivity index (χ1n) is 11.5. The molecule has 0 radical (unpaired) electrons. The highest BCUT2D eigenvalue weighted by Crippen LogP contribution is 2.20. The van der Waals surface area contributed by atoms with E-state index in [0.717, 1.165) is 11.1 Å². The van der Waals surface area contributed by atoms with Gasteiger partial charge in [0.1, 0.15) is 11.9 Å². The highest BCUT2D eigenvalue weighted by Gasteiger charge is 2.31. The van der Waals surface area contributed by atoms with Gasteiger partial charge in [0.05, 0.1) is 5.75 Å². The van der Waals surface area contributed by atoms with Crippen molar-refractivity contribution in [3.63, 3.8) is 0 Å². The zero-order valence-corrected chi connectivity index (χ0v) is 21.5. The van der Waals surface area contributed by atoms with Crippen LogP contribution in [0.1, 0.15) is 30.5 Å². The minimum Gasteiger partial charge on any atom is -0.352 e. The van der Waals surface area contributed by atoms with Crippen molar-refractivity contribution in [1.29, 1.82) is 0 Å². The first kappa shape index (κ1) is 26.8. The second-order valence-electron chi connectivity index (χ2n) is 8.60. The molecule has 3 aromatic carbocycles. The van der Waals surface area contributed by atoms with Gasteiger partial charge in [0.25, 0.3) is 0 Å². The molecule has 184 valence electrons. The molecule has 1 atom stereocenters. The Morgan fingerprint density at radius 3 is 2.26 bits per heavy atom. The lowest BCUT2D eigenvalue weighted by atomic mass is 10.0. The minimum atomic E-state index is -0.775. The molecule has 0 aliphatic rings. The third kappa shape index (κ3) is 8.41. The van der Waals surface area contributed by atoms with Crippen LogP contribution in [0.15, 0.2) is 78.9 Å². The van der Waals surface area contributed by atoms with Crippen molar-refractivity contribution >= 4 is 35.2 Å². The van der Waals surface area contributed by atoms with Crippen molar-refractivity contribution in [3.8, 4) is 0 Å². The molecule has 0 bridgehead atoms. The Hall–Kier alpha value is -2.83. The maximum absolute atomic E-state index is 14.6. The lowest BCUT2D eigenvalue weighted by molar-refractivity contribution is -0.139. The average molecular weight is 513 g/mol. The molecule has 0 saturated carbocycles. The number of benzene rings is 3. The average Bonchev–Trinajstić information content (AvgIpc) is 2.83. The maximum Gasteiger partial charge on any atom is 0.243 e. The summed E-state index contributed by atoms with van der Waals surface area (Å²) in [4.78, 5) is 28.3. The second-order valence-corrected chi connectivity index (χ2v) is 10.0. The fraction of sp³-hybridized carbons (Fsp3) is 0.286. The number of amides is 2. The summed E-state index contributed by atoms with van der Waals surface area (Å²) in [5.74, 6) is -0.0832. The van der Waals surface area contributed by atoms with Gasteiger partial charge in [0.15, 0.2) is 0 Å². The molecular formula is C28H30ClFN2O2S. The molecule has 1 N–H and O–H groups in total. The zero-order valence-electron chi connectivity index (χ0n) is 19.9. The van der Waals surface area contributed by atoms with Gasteiger partial charge >= 0.3 is 0 Å². The van der Waals surface area contributed by atoms with Gasteiger partial charge in [-0.05, 0) is 43.2 Å². The predicted molar refractivity (Wildman–Crippen MR) is 142 cm³/mol. The topological polar surface area (TPSA) is 49.4 Å². The molecule has 0 spiro atoms. The van der Waals surface area contributed by atoms with Gasteiger partial charge in [-0.3, -0.25) is 9.59 Å². The molecule has 2 amide bonds. The largest absolute Gasteiger partial charge is 0.352 e. The van der Waals surface area contributed by atoms with Crippen LogP contribution in [-0.4, -0.2) is 34.6 Å². The molecule has 0 aliphatic heterocycles. The van der Waals surface area contributed by atoms with E-state index < -0.39 is 11.9 Å². The van der Waals surface area contributed by atoms with Gasteiger partial charge in [-0.25, -0.2) is 4.39 Å². The summed E-state index contributed by atoms with van der Waals surface area (Å²) >= 11 is 7.41. The number of nitrogens with zero attached hydrogens (tertiary/aromatic N) is 1. The number of nitrogens with one attached hydrogen (secondary N) is 1. The summed E-state index contributed by atoms with van der Waals surface area (Å²) in [6.07, 6.45) is 0.335. The van der Waals surface area contributed by atoms with Gasteiger partial charge in [0.2, 0.25) is 11.8 Å². The van der Waals surface area contributed by atoms with Gasteiger partial charge in [0, 0.05) is 35.3 Å². The second kappa shape index (κ2) is 13.3. The van der Waals surface area contributed by atoms with E-state index in [9.17, 15) is 14.0 Å². The van der Waals surface area contributed by atoms with Crippen LogP contribution in [0.25, 0.3) is 0 Å². The van der Waals surface area contributed by atoms with E-state index in [-0.39, 0.29) is 30.2 Å². The lowest BCUT2D eigenvalue weighted by Gasteiger charge is -2.32. The van der Waals surface area contributed by atoms with E-state index in [1.165, 1.54) is 22.7 Å². The number of rotatable bonds is 11. The summed E-state index contributed by atoms with van der Waals surface area (Å²) < 4.78 is 14.6. The Balaban J connectivity index is 1.85. The quantitative estimate of drug-likeness (QED) is 0.349. The summed E-state index contributed by atoms with van der Waals surface area (Å²) in [6, 6.07) is 22.5. The highest BCUT2D eigenvalue weighted by atomic mass is 35.5. The number of carbonyl (C=O) groups is 2. The van der Waals surface area contributed by atoms with Gasteiger partial charge in [-0.15, -0.1) is 11.8 Å². The van der Waals surface area contributed by atoms with Crippen LogP contribution in [0.5, 0.6) is 0 Å². The normalized spacial score (nSPS) is 11.8. The molecule has 1 unspecified atom stereocenters. The SMILES string of the molecule is CC(C)NC(=O)C(Cc1ccccc1)N(Cc1ccccc1F)C(=O)CSCc1ccc(Cl)cc1. The Kier molecular flexibility index (Phi) is 10.2. The van der Waals surface area contributed by atoms with Crippen molar-refractivity contribution in [1.82, 2.24) is 10.2 Å². The molecule has 0 aromatic heterocycles. The number of carbonyl (C=O) groups excluding carboxylic acids is 2. The molecular weight excluding hydrogens is 483 g/mol. The zero-order chi connectivity index (χ0) is 25.2. The maximum atomic E-state index is 14.6. The summed E-state index contributed by atoms with van der Waals surface area (Å²) in [5, 5.41) is 3.60. The number of hydrogen-bond acceptors (Lipinski definition) is 3. The Morgan fingerprint density at radius 2 is 1.60 bits per heavy atom. The summed E-state index contributed by atoms with van der Waals surface area (Å²) in [7, 11) is 0. The van der Waals surface area contributed by atoms with Crippen LogP contribution in [0.2, 0.25) is 5.02 Å². The number of hydrogen-bond donors (Lipinski definition) is 1.